The van der Waals surface area contributed by atoms with Crippen molar-refractivity contribution in [2.45, 2.75) is 12.3 Å². The lowest BCUT2D eigenvalue weighted by atomic mass is 10.2. The van der Waals surface area contributed by atoms with Crippen molar-refractivity contribution in [2.24, 2.45) is 0 Å². The van der Waals surface area contributed by atoms with Crippen LogP contribution in [0.4, 0.5) is 14.5 Å². The van der Waals surface area contributed by atoms with Gasteiger partial charge in [0.1, 0.15) is 17.3 Å². The van der Waals surface area contributed by atoms with Crippen LogP contribution in [0, 0.1) is 23.0 Å². The topological polar surface area (TPSA) is 27.0 Å². The average molecular weight is 245 g/mol. The van der Waals surface area contributed by atoms with Crippen molar-refractivity contribution >= 4 is 17.3 Å². The first-order valence-corrected chi connectivity index (χ1v) is 5.25. The van der Waals surface area contributed by atoms with Crippen LogP contribution in [-0.2, 0) is 5.88 Å². The minimum Gasteiger partial charge on any atom is -0.369 e. The molecule has 0 unspecified atom stereocenters. The van der Waals surface area contributed by atoms with Crippen molar-refractivity contribution in [2.75, 3.05) is 18.5 Å². The van der Waals surface area contributed by atoms with E-state index < -0.39 is 11.6 Å². The summed E-state index contributed by atoms with van der Waals surface area (Å²) in [7, 11) is 1.54. The van der Waals surface area contributed by atoms with Crippen LogP contribution in [0.2, 0.25) is 0 Å². The second-order valence-electron chi connectivity index (χ2n) is 3.37. The molecule has 0 atom stereocenters. The van der Waals surface area contributed by atoms with Crippen molar-refractivity contribution < 1.29 is 8.78 Å². The molecule has 2 nitrogen and oxygen atoms in total. The number of rotatable bonds is 4. The summed E-state index contributed by atoms with van der Waals surface area (Å²) in [6.07, 6.45) is 0.215. The van der Waals surface area contributed by atoms with Gasteiger partial charge in [0.2, 0.25) is 0 Å². The van der Waals surface area contributed by atoms with E-state index in [9.17, 15) is 8.78 Å². The zero-order chi connectivity index (χ0) is 12.1. The zero-order valence-corrected chi connectivity index (χ0v) is 9.56. The fraction of sp³-hybridized carbons (Fsp3) is 0.364. The highest BCUT2D eigenvalue weighted by Gasteiger charge is 2.14. The van der Waals surface area contributed by atoms with Crippen molar-refractivity contribution in [3.05, 3.63) is 29.3 Å². The number of alkyl halides is 1. The van der Waals surface area contributed by atoms with E-state index in [1.807, 2.05) is 6.07 Å². The molecule has 0 amide bonds. The second-order valence-corrected chi connectivity index (χ2v) is 3.64. The SMILES string of the molecule is CN(CCC#N)c1c(F)cc(CCl)cc1F. The Morgan fingerprint density at radius 2 is 1.94 bits per heavy atom. The van der Waals surface area contributed by atoms with Crippen LogP contribution >= 0.6 is 11.6 Å². The molecule has 1 aromatic rings. The Kier molecular flexibility index (Phi) is 4.51. The van der Waals surface area contributed by atoms with Gasteiger partial charge in [0.15, 0.2) is 0 Å². The van der Waals surface area contributed by atoms with Crippen LogP contribution in [0.3, 0.4) is 0 Å². The summed E-state index contributed by atoms with van der Waals surface area (Å²) >= 11 is 5.50. The van der Waals surface area contributed by atoms with Gasteiger partial charge in [-0.05, 0) is 17.7 Å². The van der Waals surface area contributed by atoms with Gasteiger partial charge in [-0.3, -0.25) is 0 Å². The zero-order valence-electron chi connectivity index (χ0n) is 8.80. The number of hydrogen-bond acceptors (Lipinski definition) is 2. The Labute approximate surface area is 98.0 Å². The van der Waals surface area contributed by atoms with Crippen LogP contribution in [0.5, 0.6) is 0 Å². The first-order chi connectivity index (χ1) is 7.60. The summed E-state index contributed by atoms with van der Waals surface area (Å²) in [5.41, 5.74) is 0.276. The van der Waals surface area contributed by atoms with Gasteiger partial charge in [0, 0.05) is 19.5 Å². The highest BCUT2D eigenvalue weighted by atomic mass is 35.5. The van der Waals surface area contributed by atoms with Crippen LogP contribution in [0.15, 0.2) is 12.1 Å². The molecule has 16 heavy (non-hydrogen) atoms. The molecule has 0 aliphatic rings. The van der Waals surface area contributed by atoms with Gasteiger partial charge in [0.05, 0.1) is 12.5 Å². The predicted molar refractivity (Wildman–Crippen MR) is 59.4 cm³/mol. The normalized spacial score (nSPS) is 9.94. The average Bonchev–Trinajstić information content (AvgIpc) is 2.25. The van der Waals surface area contributed by atoms with Crippen LogP contribution in [0.1, 0.15) is 12.0 Å². The summed E-state index contributed by atoms with van der Waals surface area (Å²) in [6.45, 7) is 0.282. The smallest absolute Gasteiger partial charge is 0.149 e. The number of nitriles is 1. The molecule has 86 valence electrons. The third-order valence-corrected chi connectivity index (χ3v) is 2.48. The highest BCUT2D eigenvalue weighted by molar-refractivity contribution is 6.17. The van der Waals surface area contributed by atoms with Gasteiger partial charge in [-0.15, -0.1) is 11.6 Å². The second kappa shape index (κ2) is 5.66. The molecule has 0 aromatic heterocycles. The quantitative estimate of drug-likeness (QED) is 0.761. The number of hydrogen-bond donors (Lipinski definition) is 0. The fourth-order valence-corrected chi connectivity index (χ4v) is 1.54. The third kappa shape index (κ3) is 2.83. The largest absolute Gasteiger partial charge is 0.369 e. The van der Waals surface area contributed by atoms with Gasteiger partial charge < -0.3 is 4.90 Å². The molecular formula is C11H11ClF2N2. The number of halogens is 3. The van der Waals surface area contributed by atoms with Crippen LogP contribution in [-0.4, -0.2) is 13.6 Å². The lowest BCUT2D eigenvalue weighted by Crippen LogP contribution is -2.21. The molecule has 0 fully saturated rings. The van der Waals surface area contributed by atoms with E-state index in [4.69, 9.17) is 16.9 Å². The number of anilines is 1. The molecule has 0 bridgehead atoms. The van der Waals surface area contributed by atoms with Gasteiger partial charge in [0.25, 0.3) is 0 Å². The van der Waals surface area contributed by atoms with Gasteiger partial charge in [-0.1, -0.05) is 0 Å². The Morgan fingerprint density at radius 1 is 1.38 bits per heavy atom. The van der Waals surface area contributed by atoms with E-state index in [0.717, 1.165) is 0 Å². The lowest BCUT2D eigenvalue weighted by molar-refractivity contribution is 0.575. The molecule has 0 heterocycles. The molecule has 1 aromatic carbocycles. The number of benzene rings is 1. The van der Waals surface area contributed by atoms with Crippen molar-refractivity contribution in [1.82, 2.24) is 0 Å². The Balaban J connectivity index is 3.00. The molecule has 0 saturated heterocycles. The van der Waals surface area contributed by atoms with Crippen LogP contribution in [0.25, 0.3) is 0 Å². The molecule has 0 spiro atoms. The number of nitrogens with zero attached hydrogens (tertiary/aromatic N) is 2. The van der Waals surface area contributed by atoms with E-state index in [1.54, 1.807) is 7.05 Å². The summed E-state index contributed by atoms with van der Waals surface area (Å²) in [6, 6.07) is 4.33. The summed E-state index contributed by atoms with van der Waals surface area (Å²) in [4.78, 5) is 1.38. The maximum absolute atomic E-state index is 13.6. The minimum absolute atomic E-state index is 0.0655. The molecular weight excluding hydrogens is 234 g/mol. The van der Waals surface area contributed by atoms with E-state index in [-0.39, 0.29) is 24.5 Å². The van der Waals surface area contributed by atoms with Crippen molar-refractivity contribution in [1.29, 1.82) is 5.26 Å². The minimum atomic E-state index is -0.656. The maximum atomic E-state index is 13.6. The van der Waals surface area contributed by atoms with Crippen LogP contribution < -0.4 is 4.90 Å². The molecule has 0 saturated carbocycles. The molecule has 0 aliphatic heterocycles. The van der Waals surface area contributed by atoms with Gasteiger partial charge in [-0.25, -0.2) is 8.78 Å². The van der Waals surface area contributed by atoms with Gasteiger partial charge in [-0.2, -0.15) is 5.26 Å². The fourth-order valence-electron chi connectivity index (χ4n) is 1.39. The van der Waals surface area contributed by atoms with Crippen molar-refractivity contribution in [3.8, 4) is 6.07 Å². The standard InChI is InChI=1S/C11H11ClF2N2/c1-16(4-2-3-15)11-9(13)5-8(7-12)6-10(11)14/h5-6H,2,4,7H2,1H3. The summed E-state index contributed by atoms with van der Waals surface area (Å²) in [5.74, 6) is -1.25. The van der Waals surface area contributed by atoms with E-state index in [1.165, 1.54) is 17.0 Å². The monoisotopic (exact) mass is 244 g/mol. The van der Waals surface area contributed by atoms with Gasteiger partial charge >= 0.3 is 0 Å². The Bertz CT molecular complexity index is 392. The summed E-state index contributed by atoms with van der Waals surface area (Å²) in [5, 5.41) is 8.40. The Morgan fingerprint density at radius 3 is 2.38 bits per heavy atom. The first-order valence-electron chi connectivity index (χ1n) is 4.72. The van der Waals surface area contributed by atoms with Crippen molar-refractivity contribution in [3.63, 3.8) is 0 Å². The molecule has 0 aliphatic carbocycles. The molecule has 0 N–H and O–H groups in total. The third-order valence-electron chi connectivity index (χ3n) is 2.17. The molecule has 1 rings (SSSR count). The lowest BCUT2D eigenvalue weighted by Gasteiger charge is -2.19. The highest BCUT2D eigenvalue weighted by Crippen LogP contribution is 2.24. The summed E-state index contributed by atoms with van der Waals surface area (Å²) < 4.78 is 27.1. The molecule has 5 heteroatoms. The first kappa shape index (κ1) is 12.7. The maximum Gasteiger partial charge on any atom is 0.149 e. The Hall–Kier alpha value is -1.34. The molecule has 0 radical (unpaired) electrons. The van der Waals surface area contributed by atoms with E-state index in [2.05, 4.69) is 0 Å². The van der Waals surface area contributed by atoms with E-state index >= 15 is 0 Å². The van der Waals surface area contributed by atoms with E-state index in [0.29, 0.717) is 5.56 Å². The predicted octanol–water partition coefficient (Wildman–Crippen LogP) is 3.05.